The van der Waals surface area contributed by atoms with Crippen LogP contribution in [-0.4, -0.2) is 21.8 Å². The molecule has 0 spiro atoms. The van der Waals surface area contributed by atoms with Crippen LogP contribution in [0.5, 0.6) is 0 Å². The summed E-state index contributed by atoms with van der Waals surface area (Å²) in [6, 6.07) is 13.6. The lowest BCUT2D eigenvalue weighted by molar-refractivity contribution is -0.117. The summed E-state index contributed by atoms with van der Waals surface area (Å²) in [5.41, 5.74) is 3.62. The van der Waals surface area contributed by atoms with Crippen molar-refractivity contribution in [2.75, 3.05) is 4.90 Å². The second-order valence-electron chi connectivity index (χ2n) is 7.62. The molecule has 32 heavy (non-hydrogen) atoms. The number of fused-ring (bicyclic) bond motifs is 1. The van der Waals surface area contributed by atoms with Gasteiger partial charge >= 0.3 is 0 Å². The minimum Gasteiger partial charge on any atom is -0.503 e. The maximum Gasteiger partial charge on any atom is 0.296 e. The number of ketones is 1. The highest BCUT2D eigenvalue weighted by molar-refractivity contribution is 7.22. The largest absolute Gasteiger partial charge is 0.503 e. The second-order valence-corrected chi connectivity index (χ2v) is 10.0. The summed E-state index contributed by atoms with van der Waals surface area (Å²) in [5, 5.41) is 13.6. The van der Waals surface area contributed by atoms with Crippen molar-refractivity contribution >= 4 is 61.3 Å². The lowest BCUT2D eigenvalue weighted by Gasteiger charge is -2.24. The summed E-state index contributed by atoms with van der Waals surface area (Å²) in [6.45, 7) is 3.98. The molecule has 1 aliphatic heterocycles. The molecule has 0 radical (unpaired) electrons. The quantitative estimate of drug-likeness (QED) is 0.342. The van der Waals surface area contributed by atoms with Crippen molar-refractivity contribution in [2.45, 2.75) is 19.9 Å². The summed E-state index contributed by atoms with van der Waals surface area (Å²) in [6.07, 6.45) is 0. The summed E-state index contributed by atoms with van der Waals surface area (Å²) < 4.78 is 0.942. The van der Waals surface area contributed by atoms with Crippen molar-refractivity contribution < 1.29 is 14.7 Å². The third kappa shape index (κ3) is 3.33. The van der Waals surface area contributed by atoms with Gasteiger partial charge in [-0.05, 0) is 60.2 Å². The molecule has 1 amide bonds. The zero-order valence-corrected chi connectivity index (χ0v) is 19.5. The van der Waals surface area contributed by atoms with Gasteiger partial charge in [0, 0.05) is 5.02 Å². The predicted octanol–water partition coefficient (Wildman–Crippen LogP) is 6.41. The Morgan fingerprint density at radius 2 is 1.91 bits per heavy atom. The highest BCUT2D eigenvalue weighted by atomic mass is 35.5. The minimum absolute atomic E-state index is 0.0481. The van der Waals surface area contributed by atoms with Crippen molar-refractivity contribution in [3.8, 4) is 0 Å². The lowest BCUT2D eigenvalue weighted by Crippen LogP contribution is -2.30. The molecule has 5 rings (SSSR count). The zero-order valence-electron chi connectivity index (χ0n) is 17.1. The summed E-state index contributed by atoms with van der Waals surface area (Å²) in [4.78, 5) is 33.2. The van der Waals surface area contributed by atoms with Crippen molar-refractivity contribution in [1.82, 2.24) is 4.98 Å². The fourth-order valence-corrected chi connectivity index (χ4v) is 5.97. The van der Waals surface area contributed by atoms with Gasteiger partial charge in [0.1, 0.15) is 0 Å². The molecule has 1 aliphatic rings. The number of carbonyl (C=O) groups excluding carboxylic acids is 2. The van der Waals surface area contributed by atoms with Crippen molar-refractivity contribution in [2.24, 2.45) is 0 Å². The van der Waals surface area contributed by atoms with Gasteiger partial charge in [-0.2, -0.15) is 0 Å². The average molecular weight is 481 g/mol. The molecule has 3 heterocycles. The number of aliphatic hydroxyl groups is 1. The number of thiazole rings is 1. The van der Waals surface area contributed by atoms with Crippen LogP contribution in [0, 0.1) is 13.8 Å². The number of benzene rings is 2. The van der Waals surface area contributed by atoms with Gasteiger partial charge in [0.2, 0.25) is 5.78 Å². The molecule has 2 aromatic heterocycles. The lowest BCUT2D eigenvalue weighted by atomic mass is 9.95. The van der Waals surface area contributed by atoms with E-state index in [1.54, 1.807) is 41.8 Å². The highest BCUT2D eigenvalue weighted by Crippen LogP contribution is 2.45. The number of Topliss-reactive ketones (excluding diaryl/α,β-unsaturated/α-hetero) is 1. The van der Waals surface area contributed by atoms with E-state index < -0.39 is 17.7 Å². The molecular weight excluding hydrogens is 464 g/mol. The van der Waals surface area contributed by atoms with Gasteiger partial charge in [-0.15, -0.1) is 11.3 Å². The van der Waals surface area contributed by atoms with Crippen LogP contribution in [0.15, 0.2) is 65.2 Å². The predicted molar refractivity (Wildman–Crippen MR) is 129 cm³/mol. The van der Waals surface area contributed by atoms with Gasteiger partial charge in [-0.25, -0.2) is 4.98 Å². The standard InChI is InChI=1S/C24H17ClN2O3S2/c1-12-10-13(2)19-17(11-12)32-24(26-19)27-20(14-5-7-15(25)8-6-14)18(22(29)23(27)30)21(28)16-4-3-9-31-16/h3-11,20,29H,1-2H3. The molecular formula is C24H17ClN2O3S2. The van der Waals surface area contributed by atoms with E-state index >= 15 is 0 Å². The Morgan fingerprint density at radius 3 is 2.59 bits per heavy atom. The van der Waals surface area contributed by atoms with Gasteiger partial charge in [0.25, 0.3) is 5.91 Å². The number of aliphatic hydroxyl groups excluding tert-OH is 1. The number of hydrogen-bond acceptors (Lipinski definition) is 6. The number of nitrogens with zero attached hydrogens (tertiary/aromatic N) is 2. The van der Waals surface area contributed by atoms with Crippen molar-refractivity contribution in [1.29, 1.82) is 0 Å². The molecule has 4 aromatic rings. The fraction of sp³-hybridized carbons (Fsp3) is 0.125. The van der Waals surface area contributed by atoms with E-state index in [1.165, 1.54) is 27.6 Å². The van der Waals surface area contributed by atoms with Gasteiger partial charge in [-0.3, -0.25) is 14.5 Å². The van der Waals surface area contributed by atoms with Crippen LogP contribution in [0.4, 0.5) is 5.13 Å². The Kier molecular flexibility index (Phi) is 5.12. The van der Waals surface area contributed by atoms with E-state index in [-0.39, 0.29) is 11.4 Å². The number of aryl methyl sites for hydroxylation is 2. The number of anilines is 1. The second kappa shape index (κ2) is 7.85. The first kappa shape index (κ1) is 20.9. The molecule has 0 fully saturated rings. The molecule has 1 atom stereocenters. The first-order valence-corrected chi connectivity index (χ1v) is 11.9. The topological polar surface area (TPSA) is 70.5 Å². The van der Waals surface area contributed by atoms with Crippen LogP contribution in [0.25, 0.3) is 10.2 Å². The van der Waals surface area contributed by atoms with E-state index in [0.29, 0.717) is 20.6 Å². The van der Waals surface area contributed by atoms with Crippen LogP contribution in [0.3, 0.4) is 0 Å². The Morgan fingerprint density at radius 1 is 1.16 bits per heavy atom. The number of aromatic nitrogens is 1. The Balaban J connectivity index is 1.70. The molecule has 2 aromatic carbocycles. The van der Waals surface area contributed by atoms with E-state index in [2.05, 4.69) is 0 Å². The molecule has 0 aliphatic carbocycles. The van der Waals surface area contributed by atoms with Crippen LogP contribution in [-0.2, 0) is 4.79 Å². The minimum atomic E-state index is -0.809. The van der Waals surface area contributed by atoms with Crippen LogP contribution in [0.2, 0.25) is 5.02 Å². The first-order chi connectivity index (χ1) is 15.3. The van der Waals surface area contributed by atoms with Gasteiger partial charge in [-0.1, -0.05) is 47.2 Å². The first-order valence-electron chi connectivity index (χ1n) is 9.83. The normalized spacial score (nSPS) is 16.4. The number of hydrogen-bond donors (Lipinski definition) is 1. The maximum atomic E-state index is 13.3. The Hall–Kier alpha value is -3.00. The third-order valence-corrected chi connectivity index (χ3v) is 7.53. The monoisotopic (exact) mass is 480 g/mol. The zero-order chi connectivity index (χ0) is 22.6. The molecule has 1 N–H and O–H groups in total. The molecule has 5 nitrogen and oxygen atoms in total. The number of amides is 1. The molecule has 0 saturated carbocycles. The number of rotatable bonds is 4. The number of carbonyl (C=O) groups is 2. The SMILES string of the molecule is Cc1cc(C)c2nc(N3C(=O)C(O)=C(C(=O)c4cccs4)C3c3ccc(Cl)cc3)sc2c1. The highest BCUT2D eigenvalue weighted by Gasteiger charge is 2.46. The summed E-state index contributed by atoms with van der Waals surface area (Å²) in [7, 11) is 0. The van der Waals surface area contributed by atoms with Gasteiger partial charge < -0.3 is 5.11 Å². The summed E-state index contributed by atoms with van der Waals surface area (Å²) in [5.74, 6) is -1.56. The third-order valence-electron chi connectivity index (χ3n) is 5.41. The smallest absolute Gasteiger partial charge is 0.296 e. The number of thiophene rings is 1. The van der Waals surface area contributed by atoms with Crippen LogP contribution in [0.1, 0.15) is 32.4 Å². The van der Waals surface area contributed by atoms with Crippen molar-refractivity contribution in [3.05, 3.63) is 91.8 Å². The summed E-state index contributed by atoms with van der Waals surface area (Å²) >= 11 is 8.71. The van der Waals surface area contributed by atoms with Crippen LogP contribution < -0.4 is 4.90 Å². The van der Waals surface area contributed by atoms with E-state index in [9.17, 15) is 14.7 Å². The van der Waals surface area contributed by atoms with Crippen molar-refractivity contribution in [3.63, 3.8) is 0 Å². The molecule has 0 saturated heterocycles. The average Bonchev–Trinajstić information content (AvgIpc) is 3.48. The van der Waals surface area contributed by atoms with Gasteiger partial charge in [0.05, 0.1) is 26.7 Å². The van der Waals surface area contributed by atoms with E-state index in [0.717, 1.165) is 21.3 Å². The van der Waals surface area contributed by atoms with E-state index in [1.807, 2.05) is 26.0 Å². The molecule has 1 unspecified atom stereocenters. The van der Waals surface area contributed by atoms with Crippen LogP contribution >= 0.6 is 34.3 Å². The molecule has 8 heteroatoms. The maximum absolute atomic E-state index is 13.3. The van der Waals surface area contributed by atoms with E-state index in [4.69, 9.17) is 16.6 Å². The van der Waals surface area contributed by atoms with Gasteiger partial charge in [0.15, 0.2) is 10.9 Å². The Bertz CT molecular complexity index is 1410. The fourth-order valence-electron chi connectivity index (χ4n) is 4.00. The number of halogens is 1. The molecule has 160 valence electrons. The Labute approximate surface area is 197 Å². The molecule has 0 bridgehead atoms.